The van der Waals surface area contributed by atoms with Gasteiger partial charge >= 0.3 is 12.3 Å². The molecule has 0 saturated heterocycles. The number of alkyl halides is 3. The number of carbonyl (C=O) groups excluding carboxylic acids is 1. The lowest BCUT2D eigenvalue weighted by Gasteiger charge is -2.29. The van der Waals surface area contributed by atoms with Crippen LogP contribution in [0.15, 0.2) is 41.1 Å². The first kappa shape index (κ1) is 18.2. The molecule has 0 saturated carbocycles. The number of nitrogens with one attached hydrogen (secondary N) is 2. The van der Waals surface area contributed by atoms with Crippen LogP contribution in [0.4, 0.5) is 13.2 Å². The monoisotopic (exact) mass is 374 g/mol. The highest BCUT2D eigenvalue weighted by Gasteiger charge is 2.41. The molecule has 0 radical (unpaired) electrons. The predicted octanol–water partition coefficient (Wildman–Crippen LogP) is 3.87. The summed E-state index contributed by atoms with van der Waals surface area (Å²) < 4.78 is 40.9. The maximum Gasteiger partial charge on any atom is 0.575 e. The van der Waals surface area contributed by atoms with Crippen molar-refractivity contribution in [1.29, 1.82) is 5.41 Å². The number of benzene rings is 1. The molecule has 1 heterocycles. The Morgan fingerprint density at radius 2 is 2.12 bits per heavy atom. The molecule has 0 spiro atoms. The van der Waals surface area contributed by atoms with Gasteiger partial charge in [0.1, 0.15) is 4.99 Å². The van der Waals surface area contributed by atoms with Gasteiger partial charge in [-0.3, -0.25) is 5.41 Å². The van der Waals surface area contributed by atoms with Crippen molar-refractivity contribution >= 4 is 40.6 Å². The number of halogens is 4. The fraction of sp³-hybridized carbons (Fsp3) is 0.200. The van der Waals surface area contributed by atoms with E-state index in [9.17, 15) is 18.0 Å². The van der Waals surface area contributed by atoms with Gasteiger partial charge in [-0.05, 0) is 30.5 Å². The van der Waals surface area contributed by atoms with E-state index >= 15 is 0 Å². The Bertz CT molecular complexity index is 798. The van der Waals surface area contributed by atoms with E-state index in [1.807, 2.05) is 0 Å². The van der Waals surface area contributed by atoms with Crippen molar-refractivity contribution in [3.05, 3.63) is 51.7 Å². The summed E-state index contributed by atoms with van der Waals surface area (Å²) in [6.07, 6.45) is -5.13. The molecule has 0 aliphatic carbocycles. The fourth-order valence-electron chi connectivity index (χ4n) is 2.38. The van der Waals surface area contributed by atoms with Crippen LogP contribution in [0.25, 0.3) is 0 Å². The van der Waals surface area contributed by atoms with Crippen LogP contribution in [0.3, 0.4) is 0 Å². The minimum absolute atomic E-state index is 0.0481. The lowest BCUT2D eigenvalue weighted by molar-refractivity contribution is -0.303. The molecule has 1 aromatic rings. The number of thiocarbonyl (C=S) groups is 1. The van der Waals surface area contributed by atoms with Gasteiger partial charge in [0.25, 0.3) is 0 Å². The van der Waals surface area contributed by atoms with Gasteiger partial charge in [0.15, 0.2) is 0 Å². The van der Waals surface area contributed by atoms with Crippen LogP contribution < -0.4 is 5.32 Å². The molecule has 0 amide bonds. The third-order valence-electron chi connectivity index (χ3n) is 3.27. The van der Waals surface area contributed by atoms with Crippen molar-refractivity contribution in [2.45, 2.75) is 19.2 Å². The third kappa shape index (κ3) is 3.84. The van der Waals surface area contributed by atoms with E-state index < -0.39 is 18.2 Å². The number of esters is 1. The molecular weight excluding hydrogens is 365 g/mol. The molecule has 24 heavy (non-hydrogen) atoms. The Morgan fingerprint density at radius 3 is 2.67 bits per heavy atom. The number of allylic oxidation sites excluding steroid dienone is 1. The topological polar surface area (TPSA) is 62.2 Å². The van der Waals surface area contributed by atoms with Crippen LogP contribution in [0, 0.1) is 5.41 Å². The largest absolute Gasteiger partial charge is 0.575 e. The average molecular weight is 375 g/mol. The van der Waals surface area contributed by atoms with E-state index in [2.05, 4.69) is 15.9 Å². The van der Waals surface area contributed by atoms with Crippen molar-refractivity contribution in [2.24, 2.45) is 0 Å². The normalized spacial score (nSPS) is 18.1. The molecule has 2 rings (SSSR count). The Kier molecular flexibility index (Phi) is 5.13. The van der Waals surface area contributed by atoms with E-state index in [0.717, 1.165) is 0 Å². The average Bonchev–Trinajstić information content (AvgIpc) is 2.44. The quantitative estimate of drug-likeness (QED) is 0.357. The predicted molar refractivity (Wildman–Crippen MR) is 86.0 cm³/mol. The zero-order valence-corrected chi connectivity index (χ0v) is 13.7. The maximum atomic E-state index is 12.4. The number of hydrogen-bond acceptors (Lipinski definition) is 4. The zero-order valence-electron chi connectivity index (χ0n) is 12.1. The molecule has 4 nitrogen and oxygen atoms in total. The van der Waals surface area contributed by atoms with Crippen LogP contribution in [0.1, 0.15) is 18.4 Å². The van der Waals surface area contributed by atoms with Gasteiger partial charge in [0.05, 0.1) is 17.1 Å². The second kappa shape index (κ2) is 6.76. The lowest BCUT2D eigenvalue weighted by Crippen LogP contribution is -2.36. The van der Waals surface area contributed by atoms with Crippen molar-refractivity contribution in [3.63, 3.8) is 0 Å². The van der Waals surface area contributed by atoms with E-state index in [4.69, 9.17) is 29.2 Å². The smallest absolute Gasteiger partial charge is 0.369 e. The van der Waals surface area contributed by atoms with E-state index in [1.165, 1.54) is 13.0 Å². The van der Waals surface area contributed by atoms with Gasteiger partial charge in [0, 0.05) is 10.7 Å². The summed E-state index contributed by atoms with van der Waals surface area (Å²) in [5.74, 6) is -0.527. The number of ether oxygens (including phenoxy) is 1. The summed E-state index contributed by atoms with van der Waals surface area (Å²) in [5, 5.41) is 10.3. The Balaban J connectivity index is 2.62. The van der Waals surface area contributed by atoms with Crippen molar-refractivity contribution in [3.8, 4) is 0 Å². The maximum absolute atomic E-state index is 12.4. The van der Waals surface area contributed by atoms with Gasteiger partial charge in [-0.25, -0.2) is 4.79 Å². The minimum Gasteiger partial charge on any atom is -0.369 e. The number of hydrogen-bond donors (Lipinski definition) is 2. The summed E-state index contributed by atoms with van der Waals surface area (Å²) in [5.41, 5.74) is 0.248. The molecule has 9 heteroatoms. The molecule has 1 unspecified atom stereocenters. The summed E-state index contributed by atoms with van der Waals surface area (Å²) >= 11 is 11.0. The molecule has 0 fully saturated rings. The van der Waals surface area contributed by atoms with Crippen LogP contribution in [0.2, 0.25) is 5.02 Å². The van der Waals surface area contributed by atoms with Gasteiger partial charge in [-0.2, -0.15) is 0 Å². The van der Waals surface area contributed by atoms with Crippen molar-refractivity contribution in [2.75, 3.05) is 0 Å². The number of carbonyl (C=O) groups is 1. The first-order valence-corrected chi connectivity index (χ1v) is 7.30. The molecule has 1 atom stereocenters. The van der Waals surface area contributed by atoms with E-state index in [0.29, 0.717) is 10.6 Å². The molecule has 0 aromatic heterocycles. The summed E-state index contributed by atoms with van der Waals surface area (Å²) in [7, 11) is 0. The van der Waals surface area contributed by atoms with Crippen molar-refractivity contribution < 1.29 is 22.7 Å². The van der Waals surface area contributed by atoms with Crippen LogP contribution in [-0.4, -0.2) is 23.2 Å². The van der Waals surface area contributed by atoms with Gasteiger partial charge in [-0.1, -0.05) is 36.0 Å². The third-order valence-corrected chi connectivity index (χ3v) is 3.83. The Hall–Kier alpha value is -2.15. The first-order chi connectivity index (χ1) is 11.1. The molecule has 1 aromatic carbocycles. The zero-order chi connectivity index (χ0) is 18.1. The van der Waals surface area contributed by atoms with Crippen LogP contribution in [0.5, 0.6) is 0 Å². The molecule has 126 valence electrons. The summed E-state index contributed by atoms with van der Waals surface area (Å²) in [4.78, 5) is 12.1. The summed E-state index contributed by atoms with van der Waals surface area (Å²) in [6, 6.07) is 6.19. The Morgan fingerprint density at radius 1 is 1.46 bits per heavy atom. The van der Waals surface area contributed by atoms with Gasteiger partial charge in [-0.15, -0.1) is 13.2 Å². The molecular formula is C15H10ClF3N2O2S. The van der Waals surface area contributed by atoms with Crippen LogP contribution >= 0.6 is 23.8 Å². The van der Waals surface area contributed by atoms with Crippen LogP contribution in [-0.2, 0) is 9.53 Å². The second-order valence-corrected chi connectivity index (χ2v) is 5.70. The second-order valence-electron chi connectivity index (χ2n) is 4.85. The van der Waals surface area contributed by atoms with Crippen molar-refractivity contribution in [1.82, 2.24) is 5.32 Å². The standard InChI is InChI=1S/C15H10ClF3N2O2S/c1-7-11(14(22)23-15(17,18)19)12(10(6-20)13(24)21-7)8-3-2-4-9(16)5-8/h2-5,12,20H,1H3,(H,21,24). The Labute approximate surface area is 145 Å². The minimum atomic E-state index is -5.13. The highest BCUT2D eigenvalue weighted by molar-refractivity contribution is 7.80. The molecule has 1 aliphatic rings. The van der Waals surface area contributed by atoms with E-state index in [-0.39, 0.29) is 21.8 Å². The highest BCUT2D eigenvalue weighted by Crippen LogP contribution is 2.38. The summed E-state index contributed by atoms with van der Waals surface area (Å²) in [6.45, 7) is 1.40. The first-order valence-electron chi connectivity index (χ1n) is 6.51. The number of rotatable bonds is 2. The molecule has 2 N–H and O–H groups in total. The highest BCUT2D eigenvalue weighted by atomic mass is 35.5. The molecule has 1 aliphatic heterocycles. The van der Waals surface area contributed by atoms with Gasteiger partial charge < -0.3 is 10.1 Å². The van der Waals surface area contributed by atoms with Gasteiger partial charge in [0.2, 0.25) is 0 Å². The lowest BCUT2D eigenvalue weighted by atomic mass is 9.81. The van der Waals surface area contributed by atoms with E-state index in [1.54, 1.807) is 18.2 Å². The molecule has 0 bridgehead atoms. The SMILES string of the molecule is CC1=C(C(=O)OC(F)(F)F)C(c2cccc(Cl)c2)C(=C=N)C(=S)N1. The fourth-order valence-corrected chi connectivity index (χ4v) is 2.90.